The maximum atomic E-state index is 13.4. The van der Waals surface area contributed by atoms with E-state index in [2.05, 4.69) is 10.3 Å². The molecule has 0 saturated carbocycles. The third-order valence-electron chi connectivity index (χ3n) is 3.13. The minimum absolute atomic E-state index is 0.156. The number of pyridine rings is 1. The number of hydrogen-bond acceptors (Lipinski definition) is 2. The van der Waals surface area contributed by atoms with E-state index in [0.717, 1.165) is 12.8 Å². The van der Waals surface area contributed by atoms with Crippen molar-refractivity contribution in [3.8, 4) is 0 Å². The molecular weight excluding hydrogens is 248 g/mol. The quantitative estimate of drug-likeness (QED) is 0.645. The standard InChI is InChI=1S/C12H16F4N2/c1-4-7(5-2)6(3)17-10-8(13)11(15)18-12(16)9(10)14/h6-7H,4-5H2,1-3H3,(H,17,18). The van der Waals surface area contributed by atoms with Crippen LogP contribution in [0.1, 0.15) is 33.6 Å². The molecule has 18 heavy (non-hydrogen) atoms. The van der Waals surface area contributed by atoms with Crippen LogP contribution in [0.2, 0.25) is 0 Å². The molecule has 6 heteroatoms. The van der Waals surface area contributed by atoms with Crippen molar-refractivity contribution in [1.82, 2.24) is 4.98 Å². The number of anilines is 1. The molecule has 1 aromatic heterocycles. The highest BCUT2D eigenvalue weighted by Gasteiger charge is 2.23. The van der Waals surface area contributed by atoms with E-state index in [1.807, 2.05) is 13.8 Å². The van der Waals surface area contributed by atoms with Crippen molar-refractivity contribution in [2.45, 2.75) is 39.7 Å². The normalized spacial score (nSPS) is 12.9. The van der Waals surface area contributed by atoms with E-state index in [-0.39, 0.29) is 12.0 Å². The Bertz CT molecular complexity index is 393. The Morgan fingerprint density at radius 2 is 1.44 bits per heavy atom. The van der Waals surface area contributed by atoms with Crippen LogP contribution in [-0.4, -0.2) is 11.0 Å². The van der Waals surface area contributed by atoms with Gasteiger partial charge in [-0.3, -0.25) is 0 Å². The summed E-state index contributed by atoms with van der Waals surface area (Å²) in [7, 11) is 0. The first kappa shape index (κ1) is 14.7. The first-order chi connectivity index (χ1) is 8.42. The van der Waals surface area contributed by atoms with Crippen LogP contribution in [0.15, 0.2) is 0 Å². The summed E-state index contributed by atoms with van der Waals surface area (Å²) in [5, 5.41) is 2.49. The number of halogens is 4. The summed E-state index contributed by atoms with van der Waals surface area (Å²) in [4.78, 5) is 2.50. The Kier molecular flexibility index (Phi) is 4.93. The minimum Gasteiger partial charge on any atom is -0.377 e. The van der Waals surface area contributed by atoms with E-state index in [0.29, 0.717) is 0 Å². The molecule has 1 atom stereocenters. The molecule has 0 aromatic carbocycles. The van der Waals surface area contributed by atoms with Gasteiger partial charge in [0.1, 0.15) is 5.69 Å². The van der Waals surface area contributed by atoms with Gasteiger partial charge in [-0.25, -0.2) is 0 Å². The van der Waals surface area contributed by atoms with Gasteiger partial charge >= 0.3 is 0 Å². The summed E-state index contributed by atoms with van der Waals surface area (Å²) in [5.41, 5.74) is -0.792. The lowest BCUT2D eigenvalue weighted by Gasteiger charge is -2.24. The molecule has 0 aliphatic rings. The molecule has 1 unspecified atom stereocenters. The smallest absolute Gasteiger partial charge is 0.253 e. The SMILES string of the molecule is CCC(CC)C(C)Nc1c(F)c(F)nc(F)c1F. The Morgan fingerprint density at radius 3 is 1.83 bits per heavy atom. The topological polar surface area (TPSA) is 24.9 Å². The second-order valence-corrected chi connectivity index (χ2v) is 4.21. The van der Waals surface area contributed by atoms with Gasteiger partial charge in [-0.2, -0.15) is 22.5 Å². The zero-order valence-corrected chi connectivity index (χ0v) is 10.5. The van der Waals surface area contributed by atoms with Crippen molar-refractivity contribution >= 4 is 5.69 Å². The van der Waals surface area contributed by atoms with Gasteiger partial charge in [0, 0.05) is 6.04 Å². The van der Waals surface area contributed by atoms with Gasteiger partial charge in [0.15, 0.2) is 0 Å². The van der Waals surface area contributed by atoms with Gasteiger partial charge in [-0.15, -0.1) is 0 Å². The summed E-state index contributed by atoms with van der Waals surface area (Å²) < 4.78 is 52.5. The van der Waals surface area contributed by atoms with Gasteiger partial charge in [0.25, 0.3) is 11.9 Å². The highest BCUT2D eigenvalue weighted by molar-refractivity contribution is 5.46. The van der Waals surface area contributed by atoms with Crippen LogP contribution in [0.25, 0.3) is 0 Å². The van der Waals surface area contributed by atoms with Crippen LogP contribution in [0.5, 0.6) is 0 Å². The number of rotatable bonds is 5. The monoisotopic (exact) mass is 264 g/mol. The summed E-state index contributed by atoms with van der Waals surface area (Å²) in [6.45, 7) is 5.59. The predicted molar refractivity (Wildman–Crippen MR) is 61.2 cm³/mol. The molecule has 0 aliphatic heterocycles. The lowest BCUT2D eigenvalue weighted by molar-refractivity contribution is 0.400. The Labute approximate surface area is 103 Å². The maximum Gasteiger partial charge on any atom is 0.253 e. The fourth-order valence-electron chi connectivity index (χ4n) is 1.96. The molecule has 1 rings (SSSR count). The highest BCUT2D eigenvalue weighted by Crippen LogP contribution is 2.25. The average molecular weight is 264 g/mol. The molecule has 2 nitrogen and oxygen atoms in total. The van der Waals surface area contributed by atoms with E-state index < -0.39 is 29.2 Å². The second-order valence-electron chi connectivity index (χ2n) is 4.21. The van der Waals surface area contributed by atoms with Crippen molar-refractivity contribution in [3.63, 3.8) is 0 Å². The number of aromatic nitrogens is 1. The zero-order valence-electron chi connectivity index (χ0n) is 10.5. The van der Waals surface area contributed by atoms with Crippen molar-refractivity contribution in [3.05, 3.63) is 23.5 Å². The lowest BCUT2D eigenvalue weighted by atomic mass is 9.95. The van der Waals surface area contributed by atoms with Crippen LogP contribution in [0, 0.1) is 29.4 Å². The Balaban J connectivity index is 3.04. The van der Waals surface area contributed by atoms with Gasteiger partial charge < -0.3 is 5.32 Å². The van der Waals surface area contributed by atoms with Crippen LogP contribution in [-0.2, 0) is 0 Å². The average Bonchev–Trinajstić information content (AvgIpc) is 2.33. The van der Waals surface area contributed by atoms with E-state index >= 15 is 0 Å². The predicted octanol–water partition coefficient (Wildman–Crippen LogP) is 3.87. The van der Waals surface area contributed by atoms with Crippen molar-refractivity contribution in [1.29, 1.82) is 0 Å². The minimum atomic E-state index is -1.65. The first-order valence-corrected chi connectivity index (χ1v) is 5.88. The third-order valence-corrected chi connectivity index (χ3v) is 3.13. The molecule has 0 saturated heterocycles. The maximum absolute atomic E-state index is 13.4. The molecule has 0 aliphatic carbocycles. The van der Waals surface area contributed by atoms with E-state index in [1.165, 1.54) is 0 Å². The van der Waals surface area contributed by atoms with Gasteiger partial charge in [0.05, 0.1) is 0 Å². The van der Waals surface area contributed by atoms with Gasteiger partial charge in [0.2, 0.25) is 11.6 Å². The van der Waals surface area contributed by atoms with Crippen molar-refractivity contribution < 1.29 is 17.6 Å². The lowest BCUT2D eigenvalue weighted by Crippen LogP contribution is -2.26. The molecule has 0 spiro atoms. The summed E-state index contributed by atoms with van der Waals surface area (Å²) in [6.07, 6.45) is 1.59. The zero-order chi connectivity index (χ0) is 13.9. The number of hydrogen-bond donors (Lipinski definition) is 1. The number of nitrogens with one attached hydrogen (secondary N) is 1. The fourth-order valence-corrected chi connectivity index (χ4v) is 1.96. The molecule has 1 heterocycles. The summed E-state index contributed by atoms with van der Waals surface area (Å²) in [5.74, 6) is -6.12. The van der Waals surface area contributed by atoms with Crippen LogP contribution in [0.3, 0.4) is 0 Å². The van der Waals surface area contributed by atoms with Crippen molar-refractivity contribution in [2.75, 3.05) is 5.32 Å². The van der Waals surface area contributed by atoms with Gasteiger partial charge in [-0.1, -0.05) is 26.7 Å². The Hall–Kier alpha value is -1.33. The molecule has 0 fully saturated rings. The highest BCUT2D eigenvalue weighted by atomic mass is 19.2. The number of nitrogens with zero attached hydrogens (tertiary/aromatic N) is 1. The molecule has 1 aromatic rings. The van der Waals surface area contributed by atoms with E-state index in [4.69, 9.17) is 0 Å². The summed E-state index contributed by atoms with van der Waals surface area (Å²) >= 11 is 0. The van der Waals surface area contributed by atoms with Crippen LogP contribution < -0.4 is 5.32 Å². The summed E-state index contributed by atoms with van der Waals surface area (Å²) in [6, 6.07) is -0.301. The molecule has 0 radical (unpaired) electrons. The Morgan fingerprint density at radius 1 is 1.00 bits per heavy atom. The van der Waals surface area contributed by atoms with Crippen LogP contribution >= 0.6 is 0 Å². The largest absolute Gasteiger partial charge is 0.377 e. The molecule has 0 bridgehead atoms. The molecule has 0 amide bonds. The molecule has 102 valence electrons. The first-order valence-electron chi connectivity index (χ1n) is 5.88. The van der Waals surface area contributed by atoms with E-state index in [1.54, 1.807) is 6.92 Å². The third kappa shape index (κ3) is 2.91. The molecular formula is C12H16F4N2. The van der Waals surface area contributed by atoms with E-state index in [9.17, 15) is 17.6 Å². The van der Waals surface area contributed by atoms with Crippen LogP contribution in [0.4, 0.5) is 23.2 Å². The second kappa shape index (κ2) is 6.02. The van der Waals surface area contributed by atoms with Gasteiger partial charge in [-0.05, 0) is 12.8 Å². The molecule has 1 N–H and O–H groups in total. The fraction of sp³-hybridized carbons (Fsp3) is 0.583. The van der Waals surface area contributed by atoms with Crippen molar-refractivity contribution in [2.24, 2.45) is 5.92 Å².